The van der Waals surface area contributed by atoms with E-state index in [1.807, 2.05) is 12.1 Å². The van der Waals surface area contributed by atoms with E-state index in [9.17, 15) is 27.2 Å². The van der Waals surface area contributed by atoms with E-state index in [4.69, 9.17) is 8.83 Å². The molecule has 0 saturated carbocycles. The van der Waals surface area contributed by atoms with Gasteiger partial charge in [-0.3, -0.25) is 0 Å². The molecule has 10 heteroatoms. The van der Waals surface area contributed by atoms with E-state index in [2.05, 4.69) is 10.6 Å². The lowest BCUT2D eigenvalue weighted by molar-refractivity contribution is -0.108. The number of hydrogen-bond acceptors (Lipinski definition) is 6. The first kappa shape index (κ1) is 35.3. The van der Waals surface area contributed by atoms with Crippen molar-refractivity contribution in [2.45, 2.75) is 50.4 Å². The molecule has 0 amide bonds. The Morgan fingerprint density at radius 3 is 1.40 bits per heavy atom. The second kappa shape index (κ2) is 15.7. The Balaban J connectivity index is 0.000000162. The molecule has 4 heterocycles. The van der Waals surface area contributed by atoms with Crippen LogP contribution in [-0.4, -0.2) is 38.8 Å². The normalized spacial score (nSPS) is 17.1. The van der Waals surface area contributed by atoms with Crippen LogP contribution in [0, 0.1) is 23.3 Å². The Morgan fingerprint density at radius 2 is 1.04 bits per heavy atom. The monoisotopic (exact) mass is 710 g/mol. The van der Waals surface area contributed by atoms with Crippen LogP contribution in [0.1, 0.15) is 69.6 Å². The molecule has 0 aliphatic carbocycles. The van der Waals surface area contributed by atoms with Crippen LogP contribution in [-0.2, 0) is 35.3 Å². The predicted octanol–water partition coefficient (Wildman–Crippen LogP) is 8.24. The zero-order chi connectivity index (χ0) is 36.2. The van der Waals surface area contributed by atoms with E-state index in [0.29, 0.717) is 46.3 Å². The van der Waals surface area contributed by atoms with Crippen molar-refractivity contribution in [2.24, 2.45) is 0 Å². The zero-order valence-corrected chi connectivity index (χ0v) is 28.5. The van der Waals surface area contributed by atoms with Crippen molar-refractivity contribution in [1.82, 2.24) is 10.6 Å². The van der Waals surface area contributed by atoms with E-state index in [1.54, 1.807) is 12.1 Å². The van der Waals surface area contributed by atoms with E-state index >= 15 is 0 Å². The van der Waals surface area contributed by atoms with E-state index in [-0.39, 0.29) is 47.9 Å². The Bertz CT molecular complexity index is 2070. The van der Waals surface area contributed by atoms with Crippen LogP contribution in [0.3, 0.4) is 0 Å². The first-order valence-corrected chi connectivity index (χ1v) is 17.6. The molecule has 0 bridgehead atoms. The molecule has 2 aromatic heterocycles. The number of furan rings is 2. The summed E-state index contributed by atoms with van der Waals surface area (Å²) in [4.78, 5) is 22.2. The third kappa shape index (κ3) is 7.59. The summed E-state index contributed by atoms with van der Waals surface area (Å²) in [5, 5.41) is 7.92. The average molecular weight is 711 g/mol. The maximum atomic E-state index is 14.3. The molecule has 0 spiro atoms. The van der Waals surface area contributed by atoms with Crippen LogP contribution >= 0.6 is 0 Å². The van der Waals surface area contributed by atoms with Gasteiger partial charge in [0.15, 0.2) is 0 Å². The Kier molecular flexibility index (Phi) is 10.7. The first-order valence-electron chi connectivity index (χ1n) is 17.6. The van der Waals surface area contributed by atoms with E-state index in [1.165, 1.54) is 48.5 Å². The summed E-state index contributed by atoms with van der Waals surface area (Å²) in [6, 6.07) is 18.5. The number of rotatable bonds is 10. The Morgan fingerprint density at radius 1 is 0.596 bits per heavy atom. The summed E-state index contributed by atoms with van der Waals surface area (Å²) >= 11 is 0. The number of nitrogens with one attached hydrogen (secondary N) is 2. The second-order valence-corrected chi connectivity index (χ2v) is 13.5. The molecule has 268 valence electrons. The van der Waals surface area contributed by atoms with Gasteiger partial charge in [0.25, 0.3) is 0 Å². The summed E-state index contributed by atoms with van der Waals surface area (Å²) in [6.45, 7) is 3.34. The molecule has 6 aromatic rings. The number of hydrogen-bond donors (Lipinski definition) is 2. The standard InChI is InChI=1S/2C21H19F2NO2/c2*22-15-3-1-2-13(8-15)9-18-19-11-16(23)10-17(14-4-6-24-12-14)21(19)26-20(18)5-7-25/h2*1-3,7-8,10-11,14,24H,4-6,9,12H2. The largest absolute Gasteiger partial charge is 0.460 e. The molecule has 52 heavy (non-hydrogen) atoms. The lowest BCUT2D eigenvalue weighted by Crippen LogP contribution is -2.08. The fourth-order valence-corrected chi connectivity index (χ4v) is 7.59. The van der Waals surface area contributed by atoms with Crippen LogP contribution in [0.25, 0.3) is 21.9 Å². The first-order chi connectivity index (χ1) is 25.3. The molecule has 2 saturated heterocycles. The molecular formula is C42H38F4N2O4. The van der Waals surface area contributed by atoms with E-state index in [0.717, 1.165) is 85.0 Å². The summed E-state index contributed by atoms with van der Waals surface area (Å²) < 4.78 is 67.8. The highest BCUT2D eigenvalue weighted by molar-refractivity contribution is 5.88. The lowest BCUT2D eigenvalue weighted by Gasteiger charge is -2.10. The minimum absolute atomic E-state index is 0.114. The van der Waals surface area contributed by atoms with Crippen molar-refractivity contribution in [2.75, 3.05) is 26.2 Å². The third-order valence-electron chi connectivity index (χ3n) is 10.0. The quantitative estimate of drug-likeness (QED) is 0.110. The van der Waals surface area contributed by atoms with Gasteiger partial charge in [0.1, 0.15) is 58.5 Å². The van der Waals surface area contributed by atoms with Crippen LogP contribution in [0.5, 0.6) is 0 Å². The molecule has 2 aliphatic rings. The minimum atomic E-state index is -0.323. The fraction of sp³-hybridized carbons (Fsp3) is 0.286. The summed E-state index contributed by atoms with van der Waals surface area (Å²) in [7, 11) is 0. The van der Waals surface area contributed by atoms with Crippen molar-refractivity contribution in [1.29, 1.82) is 0 Å². The van der Waals surface area contributed by atoms with Crippen LogP contribution in [0.2, 0.25) is 0 Å². The molecule has 2 unspecified atom stereocenters. The van der Waals surface area contributed by atoms with E-state index < -0.39 is 0 Å². The highest BCUT2D eigenvalue weighted by Crippen LogP contribution is 2.38. The van der Waals surface area contributed by atoms with Crippen molar-refractivity contribution in [3.63, 3.8) is 0 Å². The van der Waals surface area contributed by atoms with Crippen LogP contribution in [0.4, 0.5) is 17.6 Å². The summed E-state index contributed by atoms with van der Waals surface area (Å²) in [5.74, 6) is 0.133. The van der Waals surface area contributed by atoms with Crippen LogP contribution < -0.4 is 10.6 Å². The topological polar surface area (TPSA) is 84.5 Å². The molecule has 2 atom stereocenters. The van der Waals surface area contributed by atoms with Gasteiger partial charge in [-0.05, 0) is 85.6 Å². The highest BCUT2D eigenvalue weighted by Gasteiger charge is 2.26. The maximum absolute atomic E-state index is 14.3. The predicted molar refractivity (Wildman–Crippen MR) is 191 cm³/mol. The number of fused-ring (bicyclic) bond motifs is 2. The van der Waals surface area contributed by atoms with Crippen LogP contribution in [0.15, 0.2) is 81.6 Å². The van der Waals surface area contributed by atoms with Crippen molar-refractivity contribution < 1.29 is 36.0 Å². The average Bonchev–Trinajstić information content (AvgIpc) is 3.95. The molecule has 0 radical (unpaired) electrons. The number of carbonyl (C=O) groups is 2. The van der Waals surface area contributed by atoms with Gasteiger partial charge >= 0.3 is 0 Å². The Hall–Kier alpha value is -5.06. The lowest BCUT2D eigenvalue weighted by atomic mass is 9.94. The highest BCUT2D eigenvalue weighted by atomic mass is 19.1. The molecule has 6 nitrogen and oxygen atoms in total. The van der Waals surface area contributed by atoms with Gasteiger partial charge < -0.3 is 29.1 Å². The molecule has 2 N–H and O–H groups in total. The second-order valence-electron chi connectivity index (χ2n) is 13.5. The van der Waals surface area contributed by atoms with Gasteiger partial charge in [-0.15, -0.1) is 0 Å². The van der Waals surface area contributed by atoms with Gasteiger partial charge in [0.05, 0.1) is 12.8 Å². The van der Waals surface area contributed by atoms with Gasteiger partial charge in [-0.1, -0.05) is 24.3 Å². The number of benzene rings is 4. The SMILES string of the molecule is O=CCc1oc2c(C3CCNC3)cc(F)cc2c1Cc1cccc(F)c1.O=CCc1oc2c(C3CCNC3)cc(F)cc2c1Cc1cccc(F)c1. The number of carbonyl (C=O) groups excluding carboxylic acids is 2. The number of aldehydes is 2. The number of halogens is 4. The van der Waals surface area contributed by atoms with Crippen molar-refractivity contribution in [3.05, 3.63) is 141 Å². The molecule has 8 rings (SSSR count). The van der Waals surface area contributed by atoms with Crippen molar-refractivity contribution in [3.8, 4) is 0 Å². The molecule has 2 fully saturated rings. The van der Waals surface area contributed by atoms with Crippen molar-refractivity contribution >= 4 is 34.5 Å². The third-order valence-corrected chi connectivity index (χ3v) is 10.0. The van der Waals surface area contributed by atoms with Gasteiger partial charge in [-0.2, -0.15) is 0 Å². The maximum Gasteiger partial charge on any atom is 0.138 e. The molecular weight excluding hydrogens is 672 g/mol. The fourth-order valence-electron chi connectivity index (χ4n) is 7.59. The smallest absolute Gasteiger partial charge is 0.138 e. The summed E-state index contributed by atoms with van der Waals surface area (Å²) in [5.41, 5.74) is 5.98. The minimum Gasteiger partial charge on any atom is -0.460 e. The zero-order valence-electron chi connectivity index (χ0n) is 28.5. The Labute approximate surface area is 298 Å². The summed E-state index contributed by atoms with van der Waals surface area (Å²) in [6.07, 6.45) is 4.40. The van der Waals surface area contributed by atoms with Gasteiger partial charge in [0, 0.05) is 70.8 Å². The van der Waals surface area contributed by atoms with Gasteiger partial charge in [-0.25, -0.2) is 17.6 Å². The molecule has 2 aliphatic heterocycles. The van der Waals surface area contributed by atoms with Gasteiger partial charge in [0.2, 0.25) is 0 Å². The molecule has 4 aromatic carbocycles.